The number of aliphatic hydroxyl groups excluding tert-OH is 1. The van der Waals surface area contributed by atoms with Crippen molar-refractivity contribution >= 4 is 12.2 Å². The van der Waals surface area contributed by atoms with Crippen LogP contribution in [0.1, 0.15) is 17.3 Å². The minimum atomic E-state index is -0.696. The Kier molecular flexibility index (Phi) is 3.31. The molecule has 0 saturated heterocycles. The molecule has 0 amide bonds. The van der Waals surface area contributed by atoms with Gasteiger partial charge in [0.1, 0.15) is 12.4 Å². The number of H-pyrrole nitrogens is 1. The van der Waals surface area contributed by atoms with Crippen molar-refractivity contribution in [2.45, 2.75) is 19.1 Å². The number of hydrogen-bond donors (Lipinski definition) is 2. The summed E-state index contributed by atoms with van der Waals surface area (Å²) >= 11 is 5.16. The van der Waals surface area contributed by atoms with Gasteiger partial charge in [0.25, 0.3) is 0 Å². The lowest BCUT2D eigenvalue weighted by Gasteiger charge is -2.27. The summed E-state index contributed by atoms with van der Waals surface area (Å²) in [5, 5.41) is 9.30. The lowest BCUT2D eigenvalue weighted by Crippen LogP contribution is -2.26. The topological polar surface area (TPSA) is 50.2 Å². The summed E-state index contributed by atoms with van der Waals surface area (Å²) in [5.41, 5.74) is 1.08. The summed E-state index contributed by atoms with van der Waals surface area (Å²) in [6.07, 6.45) is 2.01. The summed E-state index contributed by atoms with van der Waals surface area (Å²) in [7, 11) is 0. The smallest absolute Gasteiger partial charge is 0.177 e. The van der Waals surface area contributed by atoms with Crippen LogP contribution < -0.4 is 4.74 Å². The van der Waals surface area contributed by atoms with Crippen molar-refractivity contribution in [1.82, 2.24) is 9.55 Å². The molecule has 1 aliphatic heterocycles. The van der Waals surface area contributed by atoms with Crippen molar-refractivity contribution in [3.8, 4) is 5.75 Å². The van der Waals surface area contributed by atoms with Crippen LogP contribution in [0.4, 0.5) is 8.78 Å². The quantitative estimate of drug-likeness (QED) is 0.838. The molecular formula is C13H12F2N2O2S. The lowest BCUT2D eigenvalue weighted by atomic mass is 10.0. The van der Waals surface area contributed by atoms with E-state index in [9.17, 15) is 13.9 Å². The molecule has 2 heterocycles. The molecule has 3 rings (SSSR count). The van der Waals surface area contributed by atoms with Gasteiger partial charge in [-0.1, -0.05) is 0 Å². The van der Waals surface area contributed by atoms with Gasteiger partial charge in [0.15, 0.2) is 16.3 Å². The van der Waals surface area contributed by atoms with Crippen LogP contribution >= 0.6 is 12.2 Å². The van der Waals surface area contributed by atoms with Gasteiger partial charge in [0.2, 0.25) is 0 Å². The largest absolute Gasteiger partial charge is 0.488 e. The zero-order valence-electron chi connectivity index (χ0n) is 10.4. The molecule has 1 aliphatic rings. The molecule has 0 aliphatic carbocycles. The van der Waals surface area contributed by atoms with Crippen LogP contribution in [0.15, 0.2) is 18.3 Å². The molecule has 2 aromatic rings. The third-order valence-corrected chi connectivity index (χ3v) is 3.69. The third-order valence-electron chi connectivity index (χ3n) is 3.38. The fourth-order valence-corrected chi connectivity index (χ4v) is 2.85. The number of halogens is 2. The molecule has 0 radical (unpaired) electrons. The first-order valence-corrected chi connectivity index (χ1v) is 6.51. The van der Waals surface area contributed by atoms with Crippen molar-refractivity contribution < 1.29 is 18.6 Å². The number of aromatic amines is 1. The fraction of sp³-hybridized carbons (Fsp3) is 0.308. The number of nitrogens with one attached hydrogen (secondary N) is 1. The van der Waals surface area contributed by atoms with Crippen LogP contribution in [0.3, 0.4) is 0 Å². The molecule has 1 aromatic carbocycles. The Labute approximate surface area is 118 Å². The molecular weight excluding hydrogens is 286 g/mol. The summed E-state index contributed by atoms with van der Waals surface area (Å²) in [6, 6.07) is 1.87. The molecule has 20 heavy (non-hydrogen) atoms. The van der Waals surface area contributed by atoms with Crippen LogP contribution in [0.2, 0.25) is 0 Å². The van der Waals surface area contributed by atoms with Gasteiger partial charge in [0, 0.05) is 24.2 Å². The third kappa shape index (κ3) is 2.12. The van der Waals surface area contributed by atoms with Crippen LogP contribution in [-0.2, 0) is 13.0 Å². The highest BCUT2D eigenvalue weighted by atomic mass is 32.1. The molecule has 0 fully saturated rings. The minimum absolute atomic E-state index is 0.0928. The average molecular weight is 298 g/mol. The van der Waals surface area contributed by atoms with Gasteiger partial charge in [-0.15, -0.1) is 0 Å². The van der Waals surface area contributed by atoms with Gasteiger partial charge in [-0.3, -0.25) is 0 Å². The van der Waals surface area contributed by atoms with Gasteiger partial charge in [-0.2, -0.15) is 0 Å². The van der Waals surface area contributed by atoms with E-state index in [-0.39, 0.29) is 25.0 Å². The predicted octanol–water partition coefficient (Wildman–Crippen LogP) is 2.49. The second-order valence-electron chi connectivity index (χ2n) is 4.66. The van der Waals surface area contributed by atoms with E-state index in [4.69, 9.17) is 17.0 Å². The van der Waals surface area contributed by atoms with Gasteiger partial charge in [-0.25, -0.2) is 8.78 Å². The maximum atomic E-state index is 13.6. The maximum Gasteiger partial charge on any atom is 0.177 e. The van der Waals surface area contributed by atoms with Gasteiger partial charge in [0.05, 0.1) is 18.3 Å². The predicted molar refractivity (Wildman–Crippen MR) is 70.1 cm³/mol. The van der Waals surface area contributed by atoms with Crippen molar-refractivity contribution in [1.29, 1.82) is 0 Å². The normalized spacial score (nSPS) is 17.6. The van der Waals surface area contributed by atoms with E-state index in [1.165, 1.54) is 6.07 Å². The van der Waals surface area contributed by atoms with Crippen LogP contribution in [0.5, 0.6) is 5.75 Å². The standard InChI is InChI=1S/C13H12F2N2O2S/c14-8-1-7-2-9(6-19-12(7)11(15)3-8)17-10(5-18)4-16-13(17)20/h1,3-4,9,18H,2,5-6H2,(H,16,20). The van der Waals surface area contributed by atoms with Gasteiger partial charge >= 0.3 is 0 Å². The fourth-order valence-electron chi connectivity index (χ4n) is 2.52. The Balaban J connectivity index is 2.00. The summed E-state index contributed by atoms with van der Waals surface area (Å²) in [5.74, 6) is -1.24. The molecule has 2 N–H and O–H groups in total. The molecule has 7 heteroatoms. The van der Waals surface area contributed by atoms with E-state index < -0.39 is 11.6 Å². The number of fused-ring (bicyclic) bond motifs is 1. The number of aromatic nitrogens is 2. The summed E-state index contributed by atoms with van der Waals surface area (Å²) in [4.78, 5) is 2.85. The van der Waals surface area contributed by atoms with E-state index in [0.717, 1.165) is 6.07 Å². The first-order chi connectivity index (χ1) is 9.60. The molecule has 0 bridgehead atoms. The van der Waals surface area contributed by atoms with Crippen molar-refractivity contribution in [3.05, 3.63) is 46.0 Å². The van der Waals surface area contributed by atoms with Crippen molar-refractivity contribution in [2.75, 3.05) is 6.61 Å². The Morgan fingerprint density at radius 3 is 3.00 bits per heavy atom. The first-order valence-electron chi connectivity index (χ1n) is 6.10. The second-order valence-corrected chi connectivity index (χ2v) is 5.04. The van der Waals surface area contributed by atoms with E-state index in [1.807, 2.05) is 0 Å². The highest BCUT2D eigenvalue weighted by molar-refractivity contribution is 7.71. The summed E-state index contributed by atoms with van der Waals surface area (Å²) < 4.78 is 34.4. The SMILES string of the molecule is OCc1c[nH]c(=S)n1C1COc2c(F)cc(F)cc2C1. The molecule has 106 valence electrons. The number of benzene rings is 1. The second kappa shape index (κ2) is 4.99. The van der Waals surface area contributed by atoms with Gasteiger partial charge < -0.3 is 19.4 Å². The number of aliphatic hydroxyl groups is 1. The molecule has 4 nitrogen and oxygen atoms in total. The Morgan fingerprint density at radius 1 is 1.45 bits per heavy atom. The van der Waals surface area contributed by atoms with Crippen molar-refractivity contribution in [2.24, 2.45) is 0 Å². The number of rotatable bonds is 2. The zero-order valence-corrected chi connectivity index (χ0v) is 11.2. The zero-order chi connectivity index (χ0) is 14.3. The minimum Gasteiger partial charge on any atom is -0.488 e. The Bertz CT molecular complexity index is 711. The van der Waals surface area contributed by atoms with Crippen LogP contribution in [0.25, 0.3) is 0 Å². The first kappa shape index (κ1) is 13.3. The number of ether oxygens (including phenoxy) is 1. The van der Waals surface area contributed by atoms with Crippen LogP contribution in [-0.4, -0.2) is 21.3 Å². The van der Waals surface area contributed by atoms with E-state index in [1.54, 1.807) is 10.8 Å². The van der Waals surface area contributed by atoms with E-state index in [0.29, 0.717) is 22.4 Å². The highest BCUT2D eigenvalue weighted by Gasteiger charge is 2.26. The van der Waals surface area contributed by atoms with Crippen molar-refractivity contribution in [3.63, 3.8) is 0 Å². The number of imidazole rings is 1. The number of hydrogen-bond acceptors (Lipinski definition) is 3. The van der Waals surface area contributed by atoms with E-state index >= 15 is 0 Å². The van der Waals surface area contributed by atoms with Gasteiger partial charge in [-0.05, 0) is 18.3 Å². The molecule has 1 aromatic heterocycles. The Morgan fingerprint density at radius 2 is 2.25 bits per heavy atom. The lowest BCUT2D eigenvalue weighted by molar-refractivity contribution is 0.200. The molecule has 0 spiro atoms. The highest BCUT2D eigenvalue weighted by Crippen LogP contribution is 2.33. The Hall–Kier alpha value is -1.73. The summed E-state index contributed by atoms with van der Waals surface area (Å²) in [6.45, 7) is 0.0444. The van der Waals surface area contributed by atoms with E-state index in [2.05, 4.69) is 4.98 Å². The monoisotopic (exact) mass is 298 g/mol. The molecule has 0 saturated carbocycles. The average Bonchev–Trinajstić information content (AvgIpc) is 2.78. The maximum absolute atomic E-state index is 13.6. The molecule has 1 unspecified atom stereocenters. The molecule has 1 atom stereocenters. The van der Waals surface area contributed by atoms with Crippen LogP contribution in [0, 0.1) is 16.4 Å². The number of nitrogens with zero attached hydrogens (tertiary/aromatic N) is 1.